The Bertz CT molecular complexity index is 1040. The summed E-state index contributed by atoms with van der Waals surface area (Å²) >= 11 is 0. The first-order chi connectivity index (χ1) is 14.6. The van der Waals surface area contributed by atoms with Crippen molar-refractivity contribution in [2.75, 3.05) is 13.1 Å². The molecule has 3 aliphatic rings. The molecule has 1 aliphatic carbocycles. The van der Waals surface area contributed by atoms with Crippen molar-refractivity contribution in [2.24, 2.45) is 10.8 Å². The van der Waals surface area contributed by atoms with Gasteiger partial charge >= 0.3 is 0 Å². The Balaban J connectivity index is 1.34. The van der Waals surface area contributed by atoms with Gasteiger partial charge in [-0.1, -0.05) is 32.9 Å². The standard InChI is InChI=1S/C24H29FN4O2/c1-23(2)11-18-12-24(3,14-23)15-28(18)21(30)19-10-20-22(31)27(8-9-29(20)26-19)13-16-4-6-17(25)7-5-16/h4-7,10,18H,8-9,11-15H2,1-3H3/t18-,24+/m0/s1. The fraction of sp³-hybridized carbons (Fsp3) is 0.542. The molecular weight excluding hydrogens is 395 g/mol. The van der Waals surface area contributed by atoms with Crippen molar-refractivity contribution >= 4 is 11.8 Å². The first-order valence-corrected chi connectivity index (χ1v) is 11.1. The van der Waals surface area contributed by atoms with Crippen LogP contribution >= 0.6 is 0 Å². The van der Waals surface area contributed by atoms with Gasteiger partial charge in [-0.25, -0.2) is 4.39 Å². The van der Waals surface area contributed by atoms with E-state index in [1.807, 2.05) is 4.90 Å². The Hall–Kier alpha value is -2.70. The second-order valence-corrected chi connectivity index (χ2v) is 10.6. The van der Waals surface area contributed by atoms with E-state index >= 15 is 0 Å². The number of carbonyl (C=O) groups is 2. The number of benzene rings is 1. The van der Waals surface area contributed by atoms with Crippen molar-refractivity contribution < 1.29 is 14.0 Å². The SMILES string of the molecule is CC1(C)C[C@H]2C[C@@](C)(CN2C(=O)c2cc3n(n2)CCN(Cc2ccc(F)cc2)C3=O)C1. The molecule has 1 aromatic heterocycles. The monoisotopic (exact) mass is 424 g/mol. The van der Waals surface area contributed by atoms with Gasteiger partial charge in [0.1, 0.15) is 11.5 Å². The largest absolute Gasteiger partial charge is 0.334 e. The molecule has 1 aromatic carbocycles. The van der Waals surface area contributed by atoms with Crippen LogP contribution in [0.1, 0.15) is 66.6 Å². The fourth-order valence-electron chi connectivity index (χ4n) is 6.15. The van der Waals surface area contributed by atoms with Gasteiger partial charge in [-0.3, -0.25) is 14.3 Å². The second-order valence-electron chi connectivity index (χ2n) is 10.6. The third kappa shape index (κ3) is 3.64. The molecule has 7 heteroatoms. The molecular formula is C24H29FN4O2. The van der Waals surface area contributed by atoms with Crippen molar-refractivity contribution in [2.45, 2.75) is 59.2 Å². The van der Waals surface area contributed by atoms with Gasteiger partial charge in [0.15, 0.2) is 5.69 Å². The van der Waals surface area contributed by atoms with E-state index < -0.39 is 0 Å². The van der Waals surface area contributed by atoms with Gasteiger partial charge in [0.05, 0.1) is 6.54 Å². The number of likely N-dealkylation sites (tertiary alicyclic amines) is 1. The van der Waals surface area contributed by atoms with Gasteiger partial charge in [0.25, 0.3) is 11.8 Å². The average molecular weight is 425 g/mol. The number of halogens is 1. The molecule has 3 heterocycles. The molecule has 0 radical (unpaired) electrons. The number of amides is 2. The molecule has 2 aliphatic heterocycles. The van der Waals surface area contributed by atoms with E-state index in [0.29, 0.717) is 31.0 Å². The van der Waals surface area contributed by atoms with Crippen LogP contribution in [0.4, 0.5) is 4.39 Å². The molecule has 164 valence electrons. The van der Waals surface area contributed by atoms with Crippen LogP contribution in [0, 0.1) is 16.6 Å². The lowest BCUT2D eigenvalue weighted by atomic mass is 9.65. The van der Waals surface area contributed by atoms with E-state index in [1.54, 1.807) is 27.8 Å². The number of fused-ring (bicyclic) bond motifs is 3. The van der Waals surface area contributed by atoms with Crippen molar-refractivity contribution in [1.29, 1.82) is 0 Å². The molecule has 2 bridgehead atoms. The van der Waals surface area contributed by atoms with Gasteiger partial charge in [-0.2, -0.15) is 5.10 Å². The molecule has 2 atom stereocenters. The summed E-state index contributed by atoms with van der Waals surface area (Å²) in [6.07, 6.45) is 3.17. The molecule has 0 N–H and O–H groups in total. The summed E-state index contributed by atoms with van der Waals surface area (Å²) in [5.74, 6) is -0.500. The van der Waals surface area contributed by atoms with Gasteiger partial charge in [-0.15, -0.1) is 0 Å². The van der Waals surface area contributed by atoms with E-state index in [-0.39, 0.29) is 34.5 Å². The minimum atomic E-state index is -0.293. The smallest absolute Gasteiger partial charge is 0.274 e. The fourth-order valence-corrected chi connectivity index (χ4v) is 6.15. The van der Waals surface area contributed by atoms with Crippen LogP contribution in [0.25, 0.3) is 0 Å². The van der Waals surface area contributed by atoms with Crippen LogP contribution in [0.2, 0.25) is 0 Å². The van der Waals surface area contributed by atoms with Crippen molar-refractivity contribution in [1.82, 2.24) is 19.6 Å². The summed E-state index contributed by atoms with van der Waals surface area (Å²) in [7, 11) is 0. The average Bonchev–Trinajstić information content (AvgIpc) is 3.23. The predicted octanol–water partition coefficient (Wildman–Crippen LogP) is 3.72. The third-order valence-corrected chi connectivity index (χ3v) is 7.05. The van der Waals surface area contributed by atoms with Gasteiger partial charge in [0, 0.05) is 31.7 Å². The highest BCUT2D eigenvalue weighted by Crippen LogP contribution is 2.52. The molecule has 2 aromatic rings. The maximum atomic E-state index is 13.4. The molecule has 31 heavy (non-hydrogen) atoms. The normalized spacial score (nSPS) is 26.8. The van der Waals surface area contributed by atoms with E-state index in [0.717, 1.165) is 31.4 Å². The zero-order chi connectivity index (χ0) is 22.0. The maximum Gasteiger partial charge on any atom is 0.274 e. The quantitative estimate of drug-likeness (QED) is 0.755. The van der Waals surface area contributed by atoms with Crippen LogP contribution in [0.15, 0.2) is 30.3 Å². The summed E-state index contributed by atoms with van der Waals surface area (Å²) in [6, 6.07) is 8.08. The molecule has 0 unspecified atom stereocenters. The van der Waals surface area contributed by atoms with E-state index in [2.05, 4.69) is 25.9 Å². The zero-order valence-corrected chi connectivity index (χ0v) is 18.4. The Labute approximate surface area is 182 Å². The number of nitrogens with zero attached hydrogens (tertiary/aromatic N) is 4. The van der Waals surface area contributed by atoms with Crippen molar-refractivity contribution in [3.05, 3.63) is 53.1 Å². The van der Waals surface area contributed by atoms with Crippen LogP contribution in [0.3, 0.4) is 0 Å². The first-order valence-electron chi connectivity index (χ1n) is 11.1. The summed E-state index contributed by atoms with van der Waals surface area (Å²) in [5.41, 5.74) is 2.07. The van der Waals surface area contributed by atoms with Crippen LogP contribution in [-0.2, 0) is 13.1 Å². The Kier molecular flexibility index (Phi) is 4.50. The number of rotatable bonds is 3. The minimum absolute atomic E-state index is 0.0637. The molecule has 0 spiro atoms. The zero-order valence-electron chi connectivity index (χ0n) is 18.4. The molecule has 1 saturated heterocycles. The summed E-state index contributed by atoms with van der Waals surface area (Å²) < 4.78 is 14.8. The summed E-state index contributed by atoms with van der Waals surface area (Å²) in [4.78, 5) is 30.1. The first kappa shape index (κ1) is 20.2. The Morgan fingerprint density at radius 2 is 1.90 bits per heavy atom. The van der Waals surface area contributed by atoms with Crippen LogP contribution in [0.5, 0.6) is 0 Å². The topological polar surface area (TPSA) is 58.4 Å². The van der Waals surface area contributed by atoms with Crippen molar-refractivity contribution in [3.63, 3.8) is 0 Å². The lowest BCUT2D eigenvalue weighted by molar-refractivity contribution is 0.0675. The van der Waals surface area contributed by atoms with E-state index in [4.69, 9.17) is 0 Å². The number of carbonyl (C=O) groups excluding carboxylic acids is 2. The molecule has 1 saturated carbocycles. The number of hydrogen-bond donors (Lipinski definition) is 0. The molecule has 6 nitrogen and oxygen atoms in total. The molecule has 2 fully saturated rings. The van der Waals surface area contributed by atoms with Crippen LogP contribution < -0.4 is 0 Å². The molecule has 5 rings (SSSR count). The Morgan fingerprint density at radius 1 is 1.16 bits per heavy atom. The lowest BCUT2D eigenvalue weighted by Gasteiger charge is -2.39. The Morgan fingerprint density at radius 3 is 2.65 bits per heavy atom. The number of aromatic nitrogens is 2. The van der Waals surface area contributed by atoms with Gasteiger partial charge in [0.2, 0.25) is 0 Å². The van der Waals surface area contributed by atoms with Gasteiger partial charge < -0.3 is 9.80 Å². The highest BCUT2D eigenvalue weighted by molar-refractivity contribution is 5.98. The third-order valence-electron chi connectivity index (χ3n) is 7.05. The maximum absolute atomic E-state index is 13.4. The lowest BCUT2D eigenvalue weighted by Crippen LogP contribution is -2.39. The van der Waals surface area contributed by atoms with Crippen LogP contribution in [-0.4, -0.2) is 50.5 Å². The van der Waals surface area contributed by atoms with E-state index in [9.17, 15) is 14.0 Å². The summed E-state index contributed by atoms with van der Waals surface area (Å²) in [5, 5.41) is 4.50. The van der Waals surface area contributed by atoms with Crippen molar-refractivity contribution in [3.8, 4) is 0 Å². The minimum Gasteiger partial charge on any atom is -0.334 e. The second kappa shape index (κ2) is 6.90. The predicted molar refractivity (Wildman–Crippen MR) is 114 cm³/mol. The molecule has 2 amide bonds. The summed E-state index contributed by atoms with van der Waals surface area (Å²) in [6.45, 7) is 9.08. The highest BCUT2D eigenvalue weighted by Gasteiger charge is 2.51. The highest BCUT2D eigenvalue weighted by atomic mass is 19.1. The van der Waals surface area contributed by atoms with E-state index in [1.165, 1.54) is 12.1 Å². The van der Waals surface area contributed by atoms with Gasteiger partial charge in [-0.05, 0) is 47.8 Å². The number of hydrogen-bond acceptors (Lipinski definition) is 3.